The number of pyridine rings is 1. The molecule has 10 nitrogen and oxygen atoms in total. The minimum atomic E-state index is -0.479. The highest BCUT2D eigenvalue weighted by molar-refractivity contribution is 8.01. The molecule has 0 spiro atoms. The summed E-state index contributed by atoms with van der Waals surface area (Å²) >= 11 is 1.87. The van der Waals surface area contributed by atoms with Crippen molar-refractivity contribution in [1.29, 1.82) is 0 Å². The molecule has 1 N–H and O–H groups in total. The summed E-state index contributed by atoms with van der Waals surface area (Å²) in [5.41, 5.74) is 4.15. The molecular weight excluding hydrogens is 613 g/mol. The lowest BCUT2D eigenvalue weighted by atomic mass is 10.0. The van der Waals surface area contributed by atoms with Crippen molar-refractivity contribution in [1.82, 2.24) is 19.4 Å². The monoisotopic (exact) mass is 656 g/mol. The highest BCUT2D eigenvalue weighted by atomic mass is 32.2. The van der Waals surface area contributed by atoms with E-state index in [1.54, 1.807) is 11.6 Å². The van der Waals surface area contributed by atoms with Gasteiger partial charge in [-0.3, -0.25) is 9.69 Å². The lowest BCUT2D eigenvalue weighted by molar-refractivity contribution is 0.00876. The molecule has 0 unspecified atom stereocenters. The highest BCUT2D eigenvalue weighted by Crippen LogP contribution is 2.43. The van der Waals surface area contributed by atoms with E-state index >= 15 is 0 Å². The molecule has 2 aromatic heterocycles. The van der Waals surface area contributed by atoms with Gasteiger partial charge in [0.2, 0.25) is 0 Å². The van der Waals surface area contributed by atoms with E-state index in [1.165, 1.54) is 12.8 Å². The van der Waals surface area contributed by atoms with Crippen LogP contribution >= 0.6 is 11.9 Å². The van der Waals surface area contributed by atoms with E-state index in [2.05, 4.69) is 50.4 Å². The van der Waals surface area contributed by atoms with Gasteiger partial charge in [-0.25, -0.2) is 4.79 Å². The minimum absolute atomic E-state index is 0.0562. The van der Waals surface area contributed by atoms with Crippen LogP contribution in [0.5, 0.6) is 11.5 Å². The molecule has 3 fully saturated rings. The van der Waals surface area contributed by atoms with Gasteiger partial charge in [-0.15, -0.1) is 0 Å². The van der Waals surface area contributed by atoms with Gasteiger partial charge in [-0.2, -0.15) is 0 Å². The lowest BCUT2D eigenvalue weighted by Gasteiger charge is -2.49. The first kappa shape index (κ1) is 31.5. The number of piperazine rings is 1. The standard InChI is InChI=1S/C36H44N6O4S/c1-36(2,3)46-35(44)41-17-15-40(16-18-41)26-21-42(22-26)25-7-6-8-27(19-25)45-32-12-9-24(39(5)47-28-10-11-28)20-30(32)31-23-38(4)34(43)33-29(31)13-14-37-33/h6-9,12-14,19-20,23,26,28,37H,10-11,15-18,21-22H2,1-5H3. The number of ether oxygens (including phenoxy) is 2. The Balaban J connectivity index is 1.07. The first-order valence-corrected chi connectivity index (χ1v) is 17.3. The Morgan fingerprint density at radius 1 is 1.00 bits per heavy atom. The number of benzene rings is 2. The van der Waals surface area contributed by atoms with E-state index in [1.807, 2.05) is 74.3 Å². The van der Waals surface area contributed by atoms with Crippen LogP contribution in [0.25, 0.3) is 22.0 Å². The van der Waals surface area contributed by atoms with E-state index in [9.17, 15) is 9.59 Å². The molecule has 1 saturated carbocycles. The van der Waals surface area contributed by atoms with Crippen LogP contribution in [0.4, 0.5) is 16.2 Å². The number of hydrogen-bond acceptors (Lipinski definition) is 8. The summed E-state index contributed by atoms with van der Waals surface area (Å²) in [6.45, 7) is 10.7. The van der Waals surface area contributed by atoms with Crippen LogP contribution in [-0.4, -0.2) is 88.7 Å². The van der Waals surface area contributed by atoms with Gasteiger partial charge in [0.15, 0.2) is 0 Å². The molecule has 0 radical (unpaired) electrons. The molecule has 4 heterocycles. The van der Waals surface area contributed by atoms with Gasteiger partial charge in [0.05, 0.1) is 0 Å². The molecule has 1 amide bonds. The zero-order chi connectivity index (χ0) is 32.9. The van der Waals surface area contributed by atoms with E-state index in [0.717, 1.165) is 65.6 Å². The average molecular weight is 657 g/mol. The number of fused-ring (bicyclic) bond motifs is 1. The maximum Gasteiger partial charge on any atom is 0.410 e. The Morgan fingerprint density at radius 2 is 1.77 bits per heavy atom. The van der Waals surface area contributed by atoms with Gasteiger partial charge in [0, 0.05) is 111 Å². The van der Waals surface area contributed by atoms with Crippen molar-refractivity contribution in [2.75, 3.05) is 55.5 Å². The molecule has 3 aliphatic rings. The lowest BCUT2D eigenvalue weighted by Crippen LogP contribution is -2.63. The average Bonchev–Trinajstić information content (AvgIpc) is 3.69. The number of carbonyl (C=O) groups excluding carboxylic acids is 1. The van der Waals surface area contributed by atoms with Crippen LogP contribution < -0.4 is 19.5 Å². The van der Waals surface area contributed by atoms with E-state index in [4.69, 9.17) is 9.47 Å². The Morgan fingerprint density at radius 3 is 2.49 bits per heavy atom. The third-order valence-corrected chi connectivity index (χ3v) is 10.4. The van der Waals surface area contributed by atoms with Crippen LogP contribution in [0, 0.1) is 0 Å². The minimum Gasteiger partial charge on any atom is -0.457 e. The van der Waals surface area contributed by atoms with Gasteiger partial charge in [0.25, 0.3) is 5.56 Å². The van der Waals surface area contributed by atoms with Crippen molar-refractivity contribution in [3.63, 3.8) is 0 Å². The number of amides is 1. The number of aromatic nitrogens is 2. The maximum absolute atomic E-state index is 12.9. The van der Waals surface area contributed by atoms with Crippen LogP contribution in [0.15, 0.2) is 65.7 Å². The number of rotatable bonds is 8. The quantitative estimate of drug-likeness (QED) is 0.221. The molecule has 1 aliphatic carbocycles. The van der Waals surface area contributed by atoms with Gasteiger partial charge in [0.1, 0.15) is 22.6 Å². The molecule has 11 heteroatoms. The zero-order valence-corrected chi connectivity index (χ0v) is 28.7. The first-order valence-electron chi connectivity index (χ1n) is 16.5. The third-order valence-electron chi connectivity index (χ3n) is 9.10. The van der Waals surface area contributed by atoms with Crippen molar-refractivity contribution < 1.29 is 14.3 Å². The number of nitrogens with zero attached hydrogens (tertiary/aromatic N) is 5. The number of aromatic amines is 1. The van der Waals surface area contributed by atoms with Crippen molar-refractivity contribution >= 4 is 40.3 Å². The van der Waals surface area contributed by atoms with E-state index in [-0.39, 0.29) is 11.7 Å². The molecule has 248 valence electrons. The van der Waals surface area contributed by atoms with Crippen LogP contribution in [0.1, 0.15) is 33.6 Å². The summed E-state index contributed by atoms with van der Waals surface area (Å²) in [6, 6.07) is 17.0. The largest absolute Gasteiger partial charge is 0.457 e. The number of nitrogens with one attached hydrogen (secondary N) is 1. The Kier molecular flexibility index (Phi) is 8.38. The Bertz CT molecular complexity index is 1830. The third kappa shape index (κ3) is 6.82. The molecule has 2 aromatic carbocycles. The van der Waals surface area contributed by atoms with Crippen LogP contribution in [0.2, 0.25) is 0 Å². The van der Waals surface area contributed by atoms with Crippen molar-refractivity contribution in [3.05, 3.63) is 71.3 Å². The molecule has 7 rings (SSSR count). The first-order chi connectivity index (χ1) is 22.5. The molecule has 0 bridgehead atoms. The second kappa shape index (κ2) is 12.5. The molecular formula is C36H44N6O4S. The Labute approximate surface area is 280 Å². The Hall–Kier alpha value is -4.09. The molecule has 4 aromatic rings. The summed E-state index contributed by atoms with van der Waals surface area (Å²) in [5.74, 6) is 1.50. The zero-order valence-electron chi connectivity index (χ0n) is 27.9. The summed E-state index contributed by atoms with van der Waals surface area (Å²) in [6.07, 6.45) is 6.02. The van der Waals surface area contributed by atoms with E-state index in [0.29, 0.717) is 29.9 Å². The van der Waals surface area contributed by atoms with Gasteiger partial charge < -0.3 is 33.1 Å². The summed E-state index contributed by atoms with van der Waals surface area (Å²) in [5, 5.41) is 1.55. The number of H-pyrrole nitrogens is 1. The SMILES string of the molecule is CN(SC1CC1)c1ccc(Oc2cccc(N3CC(N4CCN(C(=O)OC(C)(C)C)CC4)C3)c2)c(-c2cn(C)c(=O)c3[nH]ccc23)c1. The highest BCUT2D eigenvalue weighted by Gasteiger charge is 2.35. The normalized spacial score (nSPS) is 17.6. The van der Waals surface area contributed by atoms with E-state index < -0.39 is 5.60 Å². The topological polar surface area (TPSA) is 86.3 Å². The maximum atomic E-state index is 12.9. The van der Waals surface area contributed by atoms with Gasteiger partial charge in [-0.1, -0.05) is 6.07 Å². The second-order valence-corrected chi connectivity index (χ2v) is 15.3. The fourth-order valence-corrected chi connectivity index (χ4v) is 7.35. The van der Waals surface area contributed by atoms with Crippen LogP contribution in [0.3, 0.4) is 0 Å². The van der Waals surface area contributed by atoms with Crippen LogP contribution in [-0.2, 0) is 11.8 Å². The van der Waals surface area contributed by atoms with Crippen molar-refractivity contribution in [3.8, 4) is 22.6 Å². The summed E-state index contributed by atoms with van der Waals surface area (Å²) in [4.78, 5) is 35.2. The molecule has 2 saturated heterocycles. The second-order valence-electron chi connectivity index (χ2n) is 13.9. The smallest absolute Gasteiger partial charge is 0.410 e. The number of anilines is 2. The number of carbonyl (C=O) groups is 1. The summed E-state index contributed by atoms with van der Waals surface area (Å²) < 4.78 is 16.1. The number of hydrogen-bond donors (Lipinski definition) is 1. The number of aryl methyl sites for hydroxylation is 1. The predicted octanol–water partition coefficient (Wildman–Crippen LogP) is 6.31. The van der Waals surface area contributed by atoms with Crippen molar-refractivity contribution in [2.24, 2.45) is 7.05 Å². The predicted molar refractivity (Wildman–Crippen MR) is 190 cm³/mol. The van der Waals surface area contributed by atoms with Gasteiger partial charge in [-0.05, 0) is 82.0 Å². The molecule has 2 aliphatic heterocycles. The molecule has 47 heavy (non-hydrogen) atoms. The fourth-order valence-electron chi connectivity index (χ4n) is 6.32. The molecule has 0 atom stereocenters. The summed E-state index contributed by atoms with van der Waals surface area (Å²) in [7, 11) is 3.90. The fraction of sp³-hybridized carbons (Fsp3) is 0.444. The van der Waals surface area contributed by atoms with Crippen molar-refractivity contribution in [2.45, 2.75) is 50.5 Å². The van der Waals surface area contributed by atoms with Gasteiger partial charge >= 0.3 is 6.09 Å².